The molecule has 2 aromatic rings. The molecule has 2 saturated heterocycles. The number of piperazine rings is 1. The summed E-state index contributed by atoms with van der Waals surface area (Å²) in [4.78, 5) is 41.6. The quantitative estimate of drug-likeness (QED) is 0.134. The van der Waals surface area contributed by atoms with E-state index in [4.69, 9.17) is 21.1 Å². The summed E-state index contributed by atoms with van der Waals surface area (Å²) in [5, 5.41) is 12.1. The van der Waals surface area contributed by atoms with Crippen molar-refractivity contribution in [3.05, 3.63) is 58.4 Å². The van der Waals surface area contributed by atoms with Crippen molar-refractivity contribution in [1.29, 1.82) is 0 Å². The minimum atomic E-state index is -0.511. The average molecular weight is 717 g/mol. The SMILES string of the molecule is COc1cc(C(=O)NCC(C)(C)COCC(C)(C)CN2CCN(CCCNC=O)CC2)ccc1NC(=O)C1CC(c2ccc(Cl)cc2F)CN1. The fourth-order valence-electron chi connectivity index (χ4n) is 6.52. The molecule has 0 bridgehead atoms. The number of hydrogen-bond acceptors (Lipinski definition) is 8. The third kappa shape index (κ3) is 11.9. The standard InChI is InChI=1S/C37H54ClFN6O5/c1-36(2,23-50-24-37(3,4)22-45-15-13-44(14-16-45)12-6-11-40-25-46)21-42-34(47)26-7-10-31(33(18-26)49-5)43-35(48)32-17-27(20-41-32)29-9-8-28(38)19-30(29)39/h7-10,18-19,25,27,32,41H,6,11-17,20-24H2,1-5H3,(H,40,46)(H,42,47)(H,43,48). The van der Waals surface area contributed by atoms with E-state index in [1.54, 1.807) is 30.3 Å². The van der Waals surface area contributed by atoms with Gasteiger partial charge >= 0.3 is 0 Å². The number of methoxy groups -OCH3 is 1. The number of amides is 3. The molecule has 0 aromatic heterocycles. The highest BCUT2D eigenvalue weighted by atomic mass is 35.5. The van der Waals surface area contributed by atoms with Crippen LogP contribution < -0.4 is 26.0 Å². The van der Waals surface area contributed by atoms with Crippen molar-refractivity contribution >= 4 is 35.5 Å². The van der Waals surface area contributed by atoms with Crippen molar-refractivity contribution in [2.24, 2.45) is 10.8 Å². The zero-order valence-electron chi connectivity index (χ0n) is 30.1. The molecule has 2 aliphatic heterocycles. The summed E-state index contributed by atoms with van der Waals surface area (Å²) in [5.74, 6) is -0.683. The van der Waals surface area contributed by atoms with Crippen LogP contribution in [-0.4, -0.2) is 113 Å². The fraction of sp³-hybridized carbons (Fsp3) is 0.595. The fourth-order valence-corrected chi connectivity index (χ4v) is 6.68. The molecule has 0 aliphatic carbocycles. The normalized spacial score (nSPS) is 18.9. The predicted octanol–water partition coefficient (Wildman–Crippen LogP) is 4.12. The summed E-state index contributed by atoms with van der Waals surface area (Å²) in [6, 6.07) is 9.00. The van der Waals surface area contributed by atoms with Crippen LogP contribution in [0, 0.1) is 16.6 Å². The number of hydrogen-bond donors (Lipinski definition) is 4. The molecule has 276 valence electrons. The summed E-state index contributed by atoms with van der Waals surface area (Å²) in [6.07, 6.45) is 2.15. The van der Waals surface area contributed by atoms with Crippen LogP contribution in [-0.2, 0) is 14.3 Å². The first kappa shape index (κ1) is 39.5. The van der Waals surface area contributed by atoms with Gasteiger partial charge in [-0.05, 0) is 55.3 Å². The third-order valence-electron chi connectivity index (χ3n) is 9.28. The summed E-state index contributed by atoms with van der Waals surface area (Å²) in [5.41, 5.74) is 1.07. The number of ether oxygens (including phenoxy) is 2. The Kier molecular flexibility index (Phi) is 14.4. The Bertz CT molecular complexity index is 1450. The zero-order chi connectivity index (χ0) is 36.3. The van der Waals surface area contributed by atoms with Gasteiger partial charge in [-0.15, -0.1) is 0 Å². The van der Waals surface area contributed by atoms with Gasteiger partial charge in [-0.3, -0.25) is 14.4 Å². The van der Waals surface area contributed by atoms with Gasteiger partial charge in [0.15, 0.2) is 0 Å². The van der Waals surface area contributed by atoms with Gasteiger partial charge in [-0.25, -0.2) is 4.39 Å². The molecule has 4 N–H and O–H groups in total. The van der Waals surface area contributed by atoms with Gasteiger partial charge in [-0.2, -0.15) is 0 Å². The first-order valence-electron chi connectivity index (χ1n) is 17.4. The van der Waals surface area contributed by atoms with Crippen LogP contribution in [0.3, 0.4) is 0 Å². The number of halogens is 2. The molecule has 0 radical (unpaired) electrons. The molecular weight excluding hydrogens is 663 g/mol. The highest BCUT2D eigenvalue weighted by Gasteiger charge is 2.32. The van der Waals surface area contributed by atoms with Crippen LogP contribution in [0.1, 0.15) is 62.4 Å². The van der Waals surface area contributed by atoms with Crippen LogP contribution in [0.25, 0.3) is 0 Å². The Hall–Kier alpha value is -3.29. The molecule has 0 spiro atoms. The monoisotopic (exact) mass is 716 g/mol. The summed E-state index contributed by atoms with van der Waals surface area (Å²) >= 11 is 5.89. The highest BCUT2D eigenvalue weighted by Crippen LogP contribution is 2.31. The molecule has 2 heterocycles. The molecule has 2 fully saturated rings. The second-order valence-corrected chi connectivity index (χ2v) is 15.4. The number of benzene rings is 2. The lowest BCUT2D eigenvalue weighted by Gasteiger charge is -2.39. The second kappa shape index (κ2) is 18.3. The predicted molar refractivity (Wildman–Crippen MR) is 194 cm³/mol. The van der Waals surface area contributed by atoms with Crippen molar-refractivity contribution in [2.75, 3.05) is 84.5 Å². The van der Waals surface area contributed by atoms with Gasteiger partial charge in [0.2, 0.25) is 12.3 Å². The Morgan fingerprint density at radius 1 is 1.04 bits per heavy atom. The average Bonchev–Trinajstić information content (AvgIpc) is 3.56. The lowest BCUT2D eigenvalue weighted by Crippen LogP contribution is -2.50. The van der Waals surface area contributed by atoms with Gasteiger partial charge in [0.1, 0.15) is 11.6 Å². The Morgan fingerprint density at radius 2 is 1.76 bits per heavy atom. The van der Waals surface area contributed by atoms with E-state index >= 15 is 0 Å². The van der Waals surface area contributed by atoms with Crippen molar-refractivity contribution in [3.63, 3.8) is 0 Å². The lowest BCUT2D eigenvalue weighted by molar-refractivity contribution is -0.117. The van der Waals surface area contributed by atoms with Gasteiger partial charge in [0, 0.05) is 79.7 Å². The Labute approximate surface area is 300 Å². The molecule has 2 atom stereocenters. The third-order valence-corrected chi connectivity index (χ3v) is 9.51. The lowest BCUT2D eigenvalue weighted by atomic mass is 9.92. The highest BCUT2D eigenvalue weighted by molar-refractivity contribution is 6.30. The van der Waals surface area contributed by atoms with E-state index in [0.717, 1.165) is 58.6 Å². The molecule has 13 heteroatoms. The van der Waals surface area contributed by atoms with Crippen molar-refractivity contribution < 1.29 is 28.2 Å². The first-order chi connectivity index (χ1) is 23.8. The molecule has 2 unspecified atom stereocenters. The van der Waals surface area contributed by atoms with E-state index in [1.807, 2.05) is 0 Å². The minimum absolute atomic E-state index is 0.0206. The maximum absolute atomic E-state index is 14.4. The molecule has 3 amide bonds. The summed E-state index contributed by atoms with van der Waals surface area (Å²) < 4.78 is 26.2. The van der Waals surface area contributed by atoms with E-state index < -0.39 is 6.04 Å². The van der Waals surface area contributed by atoms with E-state index in [0.29, 0.717) is 60.3 Å². The zero-order valence-corrected chi connectivity index (χ0v) is 30.8. The van der Waals surface area contributed by atoms with Crippen LogP contribution in [0.4, 0.5) is 10.1 Å². The minimum Gasteiger partial charge on any atom is -0.495 e. The first-order valence-corrected chi connectivity index (χ1v) is 17.8. The van der Waals surface area contributed by atoms with Crippen molar-refractivity contribution in [3.8, 4) is 5.75 Å². The van der Waals surface area contributed by atoms with Gasteiger partial charge in [0.05, 0.1) is 32.1 Å². The van der Waals surface area contributed by atoms with E-state index in [2.05, 4.69) is 58.8 Å². The van der Waals surface area contributed by atoms with Gasteiger partial charge in [0.25, 0.3) is 5.91 Å². The van der Waals surface area contributed by atoms with E-state index in [-0.39, 0.29) is 34.4 Å². The second-order valence-electron chi connectivity index (χ2n) is 15.0. The molecule has 2 aromatic carbocycles. The van der Waals surface area contributed by atoms with Crippen LogP contribution in [0.15, 0.2) is 36.4 Å². The number of nitrogens with zero attached hydrogens (tertiary/aromatic N) is 2. The number of carbonyl (C=O) groups is 3. The number of nitrogens with one attached hydrogen (secondary N) is 4. The molecule has 4 rings (SSSR count). The number of anilines is 1. The maximum Gasteiger partial charge on any atom is 0.251 e. The topological polar surface area (TPSA) is 124 Å². The smallest absolute Gasteiger partial charge is 0.251 e. The van der Waals surface area contributed by atoms with Gasteiger partial charge < -0.3 is 40.5 Å². The molecule has 2 aliphatic rings. The molecule has 0 saturated carbocycles. The Balaban J connectivity index is 1.19. The van der Waals surface area contributed by atoms with Crippen LogP contribution in [0.2, 0.25) is 5.02 Å². The number of carbonyl (C=O) groups excluding carboxylic acids is 3. The summed E-state index contributed by atoms with van der Waals surface area (Å²) in [6.45, 7) is 17.3. The number of rotatable bonds is 18. The van der Waals surface area contributed by atoms with E-state index in [1.165, 1.54) is 13.2 Å². The van der Waals surface area contributed by atoms with Crippen LogP contribution in [0.5, 0.6) is 5.75 Å². The molecular formula is C37H54ClFN6O5. The van der Waals surface area contributed by atoms with Crippen molar-refractivity contribution in [1.82, 2.24) is 25.8 Å². The van der Waals surface area contributed by atoms with E-state index in [9.17, 15) is 18.8 Å². The Morgan fingerprint density at radius 3 is 2.46 bits per heavy atom. The maximum atomic E-state index is 14.4. The largest absolute Gasteiger partial charge is 0.495 e. The molecule has 11 nitrogen and oxygen atoms in total. The van der Waals surface area contributed by atoms with Crippen LogP contribution >= 0.6 is 11.6 Å². The molecule has 50 heavy (non-hydrogen) atoms. The van der Waals surface area contributed by atoms with Gasteiger partial charge in [-0.1, -0.05) is 45.4 Å². The summed E-state index contributed by atoms with van der Waals surface area (Å²) in [7, 11) is 1.49. The van der Waals surface area contributed by atoms with Crippen molar-refractivity contribution in [2.45, 2.75) is 52.5 Å².